The third kappa shape index (κ3) is 2.47. The van der Waals surface area contributed by atoms with Crippen molar-refractivity contribution in [1.82, 2.24) is 9.97 Å². The average molecular weight is 296 g/mol. The maximum Gasteiger partial charge on any atom is 0.252 e. The van der Waals surface area contributed by atoms with Crippen molar-refractivity contribution in [3.63, 3.8) is 0 Å². The highest BCUT2D eigenvalue weighted by molar-refractivity contribution is 9.10. The molecule has 0 saturated carbocycles. The van der Waals surface area contributed by atoms with Crippen molar-refractivity contribution >= 4 is 21.9 Å². The molecular weight excluding hydrogens is 286 g/mol. The van der Waals surface area contributed by atoms with Crippen molar-refractivity contribution in [3.8, 4) is 17.0 Å². The quantitative estimate of drug-likeness (QED) is 0.885. The van der Waals surface area contributed by atoms with Crippen molar-refractivity contribution in [1.29, 1.82) is 0 Å². The molecule has 0 amide bonds. The van der Waals surface area contributed by atoms with Crippen molar-refractivity contribution in [2.24, 2.45) is 0 Å². The van der Waals surface area contributed by atoms with E-state index < -0.39 is 0 Å². The molecule has 6 heteroatoms. The fourth-order valence-corrected chi connectivity index (χ4v) is 1.99. The number of nitrogens with zero attached hydrogens (tertiary/aromatic N) is 1. The van der Waals surface area contributed by atoms with Crippen LogP contribution >= 0.6 is 15.9 Å². The largest absolute Gasteiger partial charge is 0.496 e. The number of methoxy groups -OCH3 is 1. The molecule has 0 spiro atoms. The number of nitrogens with two attached hydrogens (primary N) is 1. The Kier molecular flexibility index (Phi) is 3.14. The zero-order valence-electron chi connectivity index (χ0n) is 9.03. The first kappa shape index (κ1) is 11.7. The molecular formula is C11H10BrN3O2. The van der Waals surface area contributed by atoms with E-state index in [9.17, 15) is 4.79 Å². The normalized spacial score (nSPS) is 10.2. The first-order valence-corrected chi connectivity index (χ1v) is 5.60. The van der Waals surface area contributed by atoms with Gasteiger partial charge < -0.3 is 10.5 Å². The van der Waals surface area contributed by atoms with E-state index in [0.29, 0.717) is 11.4 Å². The molecule has 3 N–H and O–H groups in total. The van der Waals surface area contributed by atoms with Gasteiger partial charge >= 0.3 is 0 Å². The zero-order valence-corrected chi connectivity index (χ0v) is 10.6. The predicted molar refractivity (Wildman–Crippen MR) is 69.0 cm³/mol. The van der Waals surface area contributed by atoms with Gasteiger partial charge in [0.15, 0.2) is 0 Å². The van der Waals surface area contributed by atoms with E-state index in [1.807, 2.05) is 12.1 Å². The Morgan fingerprint density at radius 3 is 2.76 bits per heavy atom. The van der Waals surface area contributed by atoms with Gasteiger partial charge in [-0.15, -0.1) is 0 Å². The summed E-state index contributed by atoms with van der Waals surface area (Å²) in [7, 11) is 1.59. The van der Waals surface area contributed by atoms with E-state index in [1.165, 1.54) is 6.07 Å². The molecule has 0 fully saturated rings. The number of ether oxygens (including phenoxy) is 1. The topological polar surface area (TPSA) is 81.0 Å². The van der Waals surface area contributed by atoms with Gasteiger partial charge in [-0.1, -0.05) is 0 Å². The van der Waals surface area contributed by atoms with Crippen LogP contribution < -0.4 is 16.0 Å². The van der Waals surface area contributed by atoms with Crippen LogP contribution in [0.3, 0.4) is 0 Å². The maximum absolute atomic E-state index is 11.3. The van der Waals surface area contributed by atoms with E-state index in [2.05, 4.69) is 25.9 Å². The van der Waals surface area contributed by atoms with E-state index in [4.69, 9.17) is 10.5 Å². The molecule has 5 nitrogen and oxygen atoms in total. The minimum Gasteiger partial charge on any atom is -0.496 e. The van der Waals surface area contributed by atoms with Gasteiger partial charge in [-0.3, -0.25) is 9.78 Å². The molecule has 0 bridgehead atoms. The standard InChI is InChI=1S/C11H10BrN3O2/c1-17-9-3-2-6(4-7(9)12)8-5-10(16)15-11(13)14-8/h2-5H,1H3,(H3,13,14,15,16). The van der Waals surface area contributed by atoms with Crippen LogP contribution in [0.25, 0.3) is 11.3 Å². The molecule has 1 aromatic carbocycles. The summed E-state index contributed by atoms with van der Waals surface area (Å²) < 4.78 is 5.91. The second-order valence-electron chi connectivity index (χ2n) is 3.37. The molecule has 0 aliphatic carbocycles. The summed E-state index contributed by atoms with van der Waals surface area (Å²) in [6, 6.07) is 6.81. The van der Waals surface area contributed by atoms with Gasteiger partial charge in [-0.25, -0.2) is 4.98 Å². The van der Waals surface area contributed by atoms with Crippen molar-refractivity contribution in [2.75, 3.05) is 12.8 Å². The van der Waals surface area contributed by atoms with E-state index in [0.717, 1.165) is 10.0 Å². The third-order valence-electron chi connectivity index (χ3n) is 2.21. The number of nitrogen functional groups attached to an aromatic ring is 1. The minimum atomic E-state index is -0.278. The van der Waals surface area contributed by atoms with Crippen molar-refractivity contribution < 1.29 is 4.74 Å². The lowest BCUT2D eigenvalue weighted by Gasteiger charge is -2.06. The van der Waals surface area contributed by atoms with Crippen molar-refractivity contribution in [2.45, 2.75) is 0 Å². The number of hydrogen-bond acceptors (Lipinski definition) is 4. The molecule has 0 aliphatic heterocycles. The lowest BCUT2D eigenvalue weighted by molar-refractivity contribution is 0.412. The van der Waals surface area contributed by atoms with Crippen LogP contribution in [0.15, 0.2) is 33.5 Å². The summed E-state index contributed by atoms with van der Waals surface area (Å²) in [5.41, 5.74) is 6.52. The van der Waals surface area contributed by atoms with Crippen LogP contribution in [0.1, 0.15) is 0 Å². The molecule has 0 aliphatic rings. The Bertz CT molecular complexity index is 610. The Hall–Kier alpha value is -1.82. The lowest BCUT2D eigenvalue weighted by atomic mass is 10.1. The lowest BCUT2D eigenvalue weighted by Crippen LogP contribution is -2.10. The Balaban J connectivity index is 2.53. The molecule has 0 atom stereocenters. The van der Waals surface area contributed by atoms with Crippen LogP contribution in [-0.4, -0.2) is 17.1 Å². The van der Waals surface area contributed by atoms with Crippen LogP contribution in [0.2, 0.25) is 0 Å². The number of halogens is 1. The minimum absolute atomic E-state index is 0.0967. The van der Waals surface area contributed by atoms with Crippen molar-refractivity contribution in [3.05, 3.63) is 39.1 Å². The van der Waals surface area contributed by atoms with Gasteiger partial charge in [0.05, 0.1) is 17.3 Å². The number of aromatic nitrogens is 2. The number of H-pyrrole nitrogens is 1. The Morgan fingerprint density at radius 2 is 2.18 bits per heavy atom. The molecule has 0 saturated heterocycles. The van der Waals surface area contributed by atoms with Gasteiger partial charge in [0, 0.05) is 11.6 Å². The van der Waals surface area contributed by atoms with Crippen LogP contribution in [0.5, 0.6) is 5.75 Å². The molecule has 2 rings (SSSR count). The van der Waals surface area contributed by atoms with Gasteiger partial charge in [-0.05, 0) is 34.1 Å². The highest BCUT2D eigenvalue weighted by Crippen LogP contribution is 2.29. The second kappa shape index (κ2) is 4.58. The highest BCUT2D eigenvalue weighted by atomic mass is 79.9. The molecule has 0 unspecified atom stereocenters. The number of benzene rings is 1. The summed E-state index contributed by atoms with van der Waals surface area (Å²) in [5.74, 6) is 0.811. The Labute approximate surface area is 106 Å². The zero-order chi connectivity index (χ0) is 12.4. The average Bonchev–Trinajstić information content (AvgIpc) is 2.27. The number of nitrogens with one attached hydrogen (secondary N) is 1. The van der Waals surface area contributed by atoms with Crippen LogP contribution in [0.4, 0.5) is 5.95 Å². The molecule has 1 aromatic heterocycles. The maximum atomic E-state index is 11.3. The van der Waals surface area contributed by atoms with Gasteiger partial charge in [0.25, 0.3) is 5.56 Å². The molecule has 1 heterocycles. The summed E-state index contributed by atoms with van der Waals surface area (Å²) in [6.07, 6.45) is 0. The molecule has 2 aromatic rings. The van der Waals surface area contributed by atoms with Crippen LogP contribution in [0, 0.1) is 0 Å². The summed E-state index contributed by atoms with van der Waals surface area (Å²) >= 11 is 3.37. The first-order chi connectivity index (χ1) is 8.10. The summed E-state index contributed by atoms with van der Waals surface area (Å²) in [6.45, 7) is 0. The van der Waals surface area contributed by atoms with Crippen LogP contribution in [-0.2, 0) is 0 Å². The third-order valence-corrected chi connectivity index (χ3v) is 2.83. The highest BCUT2D eigenvalue weighted by Gasteiger charge is 2.06. The second-order valence-corrected chi connectivity index (χ2v) is 4.22. The van der Waals surface area contributed by atoms with E-state index in [-0.39, 0.29) is 11.5 Å². The predicted octanol–water partition coefficient (Wildman–Crippen LogP) is 1.79. The van der Waals surface area contributed by atoms with Gasteiger partial charge in [0.1, 0.15) is 5.75 Å². The number of rotatable bonds is 2. The Morgan fingerprint density at radius 1 is 1.41 bits per heavy atom. The van der Waals surface area contributed by atoms with E-state index in [1.54, 1.807) is 13.2 Å². The van der Waals surface area contributed by atoms with E-state index >= 15 is 0 Å². The smallest absolute Gasteiger partial charge is 0.252 e. The number of aromatic amines is 1. The van der Waals surface area contributed by atoms with Gasteiger partial charge in [0.2, 0.25) is 5.95 Å². The summed E-state index contributed by atoms with van der Waals surface area (Å²) in [5, 5.41) is 0. The fourth-order valence-electron chi connectivity index (χ4n) is 1.45. The summed E-state index contributed by atoms with van der Waals surface area (Å²) in [4.78, 5) is 17.7. The number of hydrogen-bond donors (Lipinski definition) is 2. The molecule has 88 valence electrons. The molecule has 0 radical (unpaired) electrons. The fraction of sp³-hybridized carbons (Fsp3) is 0.0909. The first-order valence-electron chi connectivity index (χ1n) is 4.81. The monoisotopic (exact) mass is 295 g/mol. The SMILES string of the molecule is COc1ccc(-c2cc(=O)[nH]c(N)n2)cc1Br. The number of anilines is 1. The molecule has 17 heavy (non-hydrogen) atoms. The van der Waals surface area contributed by atoms with Gasteiger partial charge in [-0.2, -0.15) is 0 Å².